The van der Waals surface area contributed by atoms with Gasteiger partial charge in [0.25, 0.3) is 5.91 Å². The first-order valence-corrected chi connectivity index (χ1v) is 10.1. The van der Waals surface area contributed by atoms with Crippen molar-refractivity contribution in [2.24, 2.45) is 0 Å². The van der Waals surface area contributed by atoms with E-state index in [-0.39, 0.29) is 5.91 Å². The molecule has 0 bridgehead atoms. The van der Waals surface area contributed by atoms with Crippen LogP contribution in [0.2, 0.25) is 0 Å². The highest BCUT2D eigenvalue weighted by atomic mass is 16.5. The molecule has 0 unspecified atom stereocenters. The molecule has 1 aliphatic heterocycles. The van der Waals surface area contributed by atoms with Gasteiger partial charge in [0.05, 0.1) is 35.5 Å². The van der Waals surface area contributed by atoms with E-state index in [0.717, 1.165) is 24.4 Å². The van der Waals surface area contributed by atoms with Gasteiger partial charge in [-0.1, -0.05) is 0 Å². The number of benzene rings is 2. The van der Waals surface area contributed by atoms with E-state index in [4.69, 9.17) is 23.7 Å². The minimum atomic E-state index is -0.00991. The Bertz CT molecular complexity index is 909. The second-order valence-electron chi connectivity index (χ2n) is 7.16. The van der Waals surface area contributed by atoms with E-state index in [1.54, 1.807) is 53.7 Å². The number of methoxy groups -OCH3 is 5. The summed E-state index contributed by atoms with van der Waals surface area (Å²) >= 11 is 0. The van der Waals surface area contributed by atoms with Gasteiger partial charge in [0.1, 0.15) is 5.75 Å². The third-order valence-electron chi connectivity index (χ3n) is 5.47. The topological polar surface area (TPSA) is 69.7 Å². The average Bonchev–Trinajstić information content (AvgIpc) is 2.83. The largest absolute Gasteiger partial charge is 0.496 e. The van der Waals surface area contributed by atoms with Crippen molar-refractivity contribution >= 4 is 5.91 Å². The SMILES string of the molecule is COc1cc(OC)c(OC)cc1CN1CCN(C(=O)c2ccc(OC)c(OC)c2)CC1. The van der Waals surface area contributed by atoms with E-state index in [1.807, 2.05) is 17.0 Å². The Kier molecular flexibility index (Phi) is 7.46. The standard InChI is InChI=1S/C23H30N2O6/c1-27-18-7-6-16(12-20(18)29-3)23(26)25-10-8-24(9-11-25)15-17-13-21(30-4)22(31-5)14-19(17)28-2/h6-7,12-14H,8-11,15H2,1-5H3. The fraction of sp³-hybridized carbons (Fsp3) is 0.435. The van der Waals surface area contributed by atoms with Crippen molar-refractivity contribution in [2.75, 3.05) is 61.7 Å². The monoisotopic (exact) mass is 430 g/mol. The van der Waals surface area contributed by atoms with Gasteiger partial charge in [0.2, 0.25) is 0 Å². The van der Waals surface area contributed by atoms with Gasteiger partial charge in [0.15, 0.2) is 23.0 Å². The van der Waals surface area contributed by atoms with Crippen LogP contribution >= 0.6 is 0 Å². The molecule has 168 valence electrons. The van der Waals surface area contributed by atoms with Gasteiger partial charge in [-0.15, -0.1) is 0 Å². The van der Waals surface area contributed by atoms with Crippen LogP contribution in [0.25, 0.3) is 0 Å². The Morgan fingerprint density at radius 2 is 1.26 bits per heavy atom. The van der Waals surface area contributed by atoms with Crippen molar-refractivity contribution in [3.05, 3.63) is 41.5 Å². The van der Waals surface area contributed by atoms with Gasteiger partial charge in [-0.3, -0.25) is 9.69 Å². The van der Waals surface area contributed by atoms with Crippen LogP contribution in [0.3, 0.4) is 0 Å². The molecule has 2 aromatic carbocycles. The molecular formula is C23H30N2O6. The Hall–Kier alpha value is -3.13. The normalized spacial score (nSPS) is 14.2. The summed E-state index contributed by atoms with van der Waals surface area (Å²) in [6.07, 6.45) is 0. The van der Waals surface area contributed by atoms with E-state index in [1.165, 1.54) is 0 Å². The molecule has 0 aliphatic carbocycles. The number of rotatable bonds is 8. The molecule has 0 spiro atoms. The van der Waals surface area contributed by atoms with Crippen LogP contribution in [0.15, 0.2) is 30.3 Å². The minimum Gasteiger partial charge on any atom is -0.496 e. The van der Waals surface area contributed by atoms with Gasteiger partial charge in [0, 0.05) is 49.9 Å². The number of hydrogen-bond acceptors (Lipinski definition) is 7. The van der Waals surface area contributed by atoms with Crippen molar-refractivity contribution < 1.29 is 28.5 Å². The average molecular weight is 431 g/mol. The lowest BCUT2D eigenvalue weighted by molar-refractivity contribution is 0.0627. The highest BCUT2D eigenvalue weighted by Crippen LogP contribution is 2.35. The molecule has 3 rings (SSSR count). The highest BCUT2D eigenvalue weighted by molar-refractivity contribution is 5.95. The Labute approximate surface area is 183 Å². The molecule has 1 aliphatic rings. The van der Waals surface area contributed by atoms with Crippen molar-refractivity contribution in [3.8, 4) is 28.7 Å². The van der Waals surface area contributed by atoms with Gasteiger partial charge in [-0.25, -0.2) is 0 Å². The first-order chi connectivity index (χ1) is 15.0. The van der Waals surface area contributed by atoms with Gasteiger partial charge >= 0.3 is 0 Å². The molecule has 1 fully saturated rings. The molecule has 0 saturated carbocycles. The summed E-state index contributed by atoms with van der Waals surface area (Å²) in [7, 11) is 8.00. The molecule has 0 radical (unpaired) electrons. The van der Waals surface area contributed by atoms with Crippen LogP contribution in [-0.4, -0.2) is 77.4 Å². The molecule has 0 aromatic heterocycles. The number of carbonyl (C=O) groups is 1. The maximum atomic E-state index is 12.9. The third kappa shape index (κ3) is 4.96. The Morgan fingerprint density at radius 1 is 0.710 bits per heavy atom. The molecule has 31 heavy (non-hydrogen) atoms. The lowest BCUT2D eigenvalue weighted by atomic mass is 10.1. The van der Waals surface area contributed by atoms with E-state index in [9.17, 15) is 4.79 Å². The molecule has 1 heterocycles. The zero-order chi connectivity index (χ0) is 22.4. The summed E-state index contributed by atoms with van der Waals surface area (Å²) in [4.78, 5) is 17.1. The summed E-state index contributed by atoms with van der Waals surface area (Å²) < 4.78 is 26.9. The number of hydrogen-bond donors (Lipinski definition) is 0. The quantitative estimate of drug-likeness (QED) is 0.638. The molecule has 1 saturated heterocycles. The summed E-state index contributed by atoms with van der Waals surface area (Å²) in [5.41, 5.74) is 1.60. The number of nitrogens with zero attached hydrogens (tertiary/aromatic N) is 2. The third-order valence-corrected chi connectivity index (χ3v) is 5.47. The first-order valence-electron chi connectivity index (χ1n) is 10.1. The molecule has 8 heteroatoms. The molecule has 0 atom stereocenters. The fourth-order valence-electron chi connectivity index (χ4n) is 3.72. The predicted molar refractivity (Wildman–Crippen MR) is 117 cm³/mol. The van der Waals surface area contributed by atoms with Crippen molar-refractivity contribution in [1.82, 2.24) is 9.80 Å². The highest BCUT2D eigenvalue weighted by Gasteiger charge is 2.24. The van der Waals surface area contributed by atoms with Crippen LogP contribution in [0.4, 0.5) is 0 Å². The first kappa shape index (κ1) is 22.6. The summed E-state index contributed by atoms with van der Waals surface area (Å²) in [6, 6.07) is 9.03. The maximum absolute atomic E-state index is 12.9. The number of carbonyl (C=O) groups excluding carboxylic acids is 1. The molecule has 8 nitrogen and oxygen atoms in total. The van der Waals surface area contributed by atoms with Crippen LogP contribution in [0, 0.1) is 0 Å². The fourth-order valence-corrected chi connectivity index (χ4v) is 3.72. The zero-order valence-electron chi connectivity index (χ0n) is 18.8. The van der Waals surface area contributed by atoms with Gasteiger partial charge in [-0.05, 0) is 24.3 Å². The molecule has 2 aromatic rings. The smallest absolute Gasteiger partial charge is 0.254 e. The van der Waals surface area contributed by atoms with Crippen molar-refractivity contribution in [2.45, 2.75) is 6.54 Å². The Morgan fingerprint density at radius 3 is 1.84 bits per heavy atom. The van der Waals surface area contributed by atoms with Crippen LogP contribution in [-0.2, 0) is 6.54 Å². The second kappa shape index (κ2) is 10.3. The van der Waals surface area contributed by atoms with E-state index in [2.05, 4.69) is 4.90 Å². The minimum absolute atomic E-state index is 0.00991. The summed E-state index contributed by atoms with van der Waals surface area (Å²) in [6.45, 7) is 3.50. The van der Waals surface area contributed by atoms with Crippen molar-refractivity contribution in [3.63, 3.8) is 0 Å². The van der Waals surface area contributed by atoms with Crippen molar-refractivity contribution in [1.29, 1.82) is 0 Å². The van der Waals surface area contributed by atoms with Crippen LogP contribution in [0.1, 0.15) is 15.9 Å². The number of ether oxygens (including phenoxy) is 5. The zero-order valence-corrected chi connectivity index (χ0v) is 18.8. The summed E-state index contributed by atoms with van der Waals surface area (Å²) in [5, 5.41) is 0. The maximum Gasteiger partial charge on any atom is 0.254 e. The number of piperazine rings is 1. The van der Waals surface area contributed by atoms with Gasteiger partial charge in [-0.2, -0.15) is 0 Å². The van der Waals surface area contributed by atoms with E-state index >= 15 is 0 Å². The second-order valence-corrected chi connectivity index (χ2v) is 7.16. The molecular weight excluding hydrogens is 400 g/mol. The van der Waals surface area contributed by atoms with Gasteiger partial charge < -0.3 is 28.6 Å². The lowest BCUT2D eigenvalue weighted by Gasteiger charge is -2.35. The number of amides is 1. The molecule has 0 N–H and O–H groups in total. The van der Waals surface area contributed by atoms with E-state index in [0.29, 0.717) is 48.2 Å². The van der Waals surface area contributed by atoms with Crippen LogP contribution < -0.4 is 23.7 Å². The van der Waals surface area contributed by atoms with E-state index < -0.39 is 0 Å². The van der Waals surface area contributed by atoms with Crippen LogP contribution in [0.5, 0.6) is 28.7 Å². The summed E-state index contributed by atoms with van der Waals surface area (Å²) in [5.74, 6) is 3.19. The molecule has 1 amide bonds. The lowest BCUT2D eigenvalue weighted by Crippen LogP contribution is -2.48. The predicted octanol–water partition coefficient (Wildman–Crippen LogP) is 2.69. The Balaban J connectivity index is 1.65.